The molecule has 7 heteroatoms. The molecular weight excluding hydrogens is 385 g/mol. The quantitative estimate of drug-likeness (QED) is 0.816. The number of benzene rings is 2. The Morgan fingerprint density at radius 2 is 1.75 bits per heavy atom. The Balaban J connectivity index is 2.19. The normalized spacial score (nSPS) is 11.3. The van der Waals surface area contributed by atoms with E-state index in [-0.39, 0.29) is 5.75 Å². The Bertz CT molecular complexity index is 735. The van der Waals surface area contributed by atoms with Gasteiger partial charge in [-0.25, -0.2) is 8.42 Å². The Kier molecular flexibility index (Phi) is 4.96. The predicted octanol–water partition coefficient (Wildman–Crippen LogP) is 4.70. The smallest absolute Gasteiger partial charge is 0.236 e. The van der Waals surface area contributed by atoms with Gasteiger partial charge in [-0.15, -0.1) is 0 Å². The lowest BCUT2D eigenvalue weighted by atomic mass is 10.2. The zero-order chi connectivity index (χ0) is 14.8. The molecule has 3 nitrogen and oxygen atoms in total. The number of anilines is 1. The summed E-state index contributed by atoms with van der Waals surface area (Å²) in [4.78, 5) is 0. The molecule has 0 aromatic heterocycles. The largest absolute Gasteiger partial charge is 0.283 e. The molecule has 20 heavy (non-hydrogen) atoms. The van der Waals surface area contributed by atoms with E-state index in [1.54, 1.807) is 36.4 Å². The van der Waals surface area contributed by atoms with E-state index in [2.05, 4.69) is 20.7 Å². The molecule has 2 rings (SSSR count). The molecule has 106 valence electrons. The fourth-order valence-electron chi connectivity index (χ4n) is 1.60. The van der Waals surface area contributed by atoms with E-state index in [1.165, 1.54) is 6.07 Å². The minimum absolute atomic E-state index is 0.194. The minimum Gasteiger partial charge on any atom is -0.283 e. The molecule has 1 N–H and O–H groups in total. The first-order valence-electron chi connectivity index (χ1n) is 5.56. The van der Waals surface area contributed by atoms with E-state index in [4.69, 9.17) is 23.2 Å². The lowest BCUT2D eigenvalue weighted by Gasteiger charge is -2.09. The first-order valence-corrected chi connectivity index (χ1v) is 8.76. The van der Waals surface area contributed by atoms with Crippen molar-refractivity contribution in [1.82, 2.24) is 0 Å². The summed E-state index contributed by atoms with van der Waals surface area (Å²) >= 11 is 15.1. The average molecular weight is 395 g/mol. The van der Waals surface area contributed by atoms with E-state index in [0.29, 0.717) is 25.8 Å². The molecule has 0 heterocycles. The molecule has 0 unspecified atom stereocenters. The Morgan fingerprint density at radius 1 is 1.05 bits per heavy atom. The lowest BCUT2D eigenvalue weighted by molar-refractivity contribution is 0.600. The van der Waals surface area contributed by atoms with Crippen molar-refractivity contribution in [2.45, 2.75) is 5.75 Å². The molecule has 0 atom stereocenters. The molecule has 2 aromatic rings. The monoisotopic (exact) mass is 393 g/mol. The van der Waals surface area contributed by atoms with Gasteiger partial charge in [0, 0.05) is 9.50 Å². The van der Waals surface area contributed by atoms with E-state index < -0.39 is 10.0 Å². The summed E-state index contributed by atoms with van der Waals surface area (Å²) in [5.74, 6) is -0.194. The van der Waals surface area contributed by atoms with Crippen molar-refractivity contribution in [3.63, 3.8) is 0 Å². The molecular formula is C13H10BrCl2NO2S. The maximum Gasteiger partial charge on any atom is 0.236 e. The molecule has 2 aromatic carbocycles. The van der Waals surface area contributed by atoms with Crippen LogP contribution < -0.4 is 4.72 Å². The summed E-state index contributed by atoms with van der Waals surface area (Å²) in [6.07, 6.45) is 0. The molecule has 0 saturated heterocycles. The van der Waals surface area contributed by atoms with Crippen LogP contribution in [0.3, 0.4) is 0 Å². The van der Waals surface area contributed by atoms with E-state index in [9.17, 15) is 8.42 Å². The first kappa shape index (κ1) is 15.6. The molecule has 0 aliphatic carbocycles. The predicted molar refractivity (Wildman–Crippen MR) is 86.9 cm³/mol. The minimum atomic E-state index is -3.55. The van der Waals surface area contributed by atoms with Crippen LogP contribution in [0.15, 0.2) is 46.9 Å². The van der Waals surface area contributed by atoms with Gasteiger partial charge in [-0.3, -0.25) is 4.72 Å². The van der Waals surface area contributed by atoms with E-state index >= 15 is 0 Å². The summed E-state index contributed by atoms with van der Waals surface area (Å²) < 4.78 is 27.4. The third-order valence-electron chi connectivity index (χ3n) is 2.50. The van der Waals surface area contributed by atoms with Crippen LogP contribution in [0.1, 0.15) is 5.56 Å². The van der Waals surface area contributed by atoms with Gasteiger partial charge in [0.15, 0.2) is 0 Å². The zero-order valence-corrected chi connectivity index (χ0v) is 14.0. The van der Waals surface area contributed by atoms with Gasteiger partial charge in [0.1, 0.15) is 0 Å². The Hall–Kier alpha value is -0.750. The third-order valence-corrected chi connectivity index (χ3v) is 5.34. The van der Waals surface area contributed by atoms with Crippen molar-refractivity contribution in [2.24, 2.45) is 0 Å². The maximum atomic E-state index is 12.1. The van der Waals surface area contributed by atoms with Gasteiger partial charge in [0.25, 0.3) is 0 Å². The van der Waals surface area contributed by atoms with Gasteiger partial charge in [-0.1, -0.05) is 41.4 Å². The lowest BCUT2D eigenvalue weighted by Crippen LogP contribution is -2.15. The summed E-state index contributed by atoms with van der Waals surface area (Å²) in [5, 5.41) is 0.856. The van der Waals surface area contributed by atoms with Crippen LogP contribution in [-0.2, 0) is 15.8 Å². The number of rotatable bonds is 4. The van der Waals surface area contributed by atoms with Crippen molar-refractivity contribution in [2.75, 3.05) is 4.72 Å². The standard InChI is InChI=1S/C13H10BrCl2NO2S/c14-11-6-5-10(7-13(11)16)17-20(18,19)8-9-3-1-2-4-12(9)15/h1-7,17H,8H2. The fraction of sp³-hybridized carbons (Fsp3) is 0.0769. The molecule has 0 amide bonds. The molecule has 0 spiro atoms. The number of sulfonamides is 1. The zero-order valence-electron chi connectivity index (χ0n) is 10.1. The van der Waals surface area contributed by atoms with Crippen molar-refractivity contribution < 1.29 is 8.42 Å². The second-order valence-electron chi connectivity index (χ2n) is 4.08. The van der Waals surface area contributed by atoms with E-state index in [0.717, 1.165) is 0 Å². The topological polar surface area (TPSA) is 46.2 Å². The Morgan fingerprint density at radius 3 is 2.40 bits per heavy atom. The van der Waals surface area contributed by atoms with Gasteiger partial charge in [0.05, 0.1) is 16.5 Å². The Labute approximate surface area is 136 Å². The van der Waals surface area contributed by atoms with Crippen LogP contribution >= 0.6 is 39.1 Å². The molecule has 0 bridgehead atoms. The van der Waals surface area contributed by atoms with Crippen molar-refractivity contribution in [3.8, 4) is 0 Å². The van der Waals surface area contributed by atoms with Crippen LogP contribution in [-0.4, -0.2) is 8.42 Å². The van der Waals surface area contributed by atoms with Gasteiger partial charge >= 0.3 is 0 Å². The summed E-state index contributed by atoms with van der Waals surface area (Å²) in [6.45, 7) is 0. The third kappa shape index (κ3) is 4.12. The SMILES string of the molecule is O=S(=O)(Cc1ccccc1Cl)Nc1ccc(Br)c(Cl)c1. The highest BCUT2D eigenvalue weighted by atomic mass is 79.9. The van der Waals surface area contributed by atoms with E-state index in [1.807, 2.05) is 0 Å². The fourth-order valence-corrected chi connectivity index (χ4v) is 3.52. The highest BCUT2D eigenvalue weighted by Crippen LogP contribution is 2.26. The number of hydrogen-bond donors (Lipinski definition) is 1. The molecule has 0 fully saturated rings. The van der Waals surface area contributed by atoms with Crippen molar-refractivity contribution in [1.29, 1.82) is 0 Å². The van der Waals surface area contributed by atoms with Gasteiger partial charge in [0.2, 0.25) is 10.0 Å². The van der Waals surface area contributed by atoms with Crippen LogP contribution in [0, 0.1) is 0 Å². The highest BCUT2D eigenvalue weighted by Gasteiger charge is 2.14. The van der Waals surface area contributed by atoms with Crippen LogP contribution in [0.5, 0.6) is 0 Å². The molecule has 0 radical (unpaired) electrons. The summed E-state index contributed by atoms with van der Waals surface area (Å²) in [5.41, 5.74) is 0.954. The number of halogens is 3. The average Bonchev–Trinajstić information content (AvgIpc) is 2.36. The van der Waals surface area contributed by atoms with Crippen molar-refractivity contribution in [3.05, 3.63) is 62.5 Å². The highest BCUT2D eigenvalue weighted by molar-refractivity contribution is 9.10. The number of nitrogens with one attached hydrogen (secondary N) is 1. The number of hydrogen-bond acceptors (Lipinski definition) is 2. The summed E-state index contributed by atoms with van der Waals surface area (Å²) in [6, 6.07) is 11.7. The van der Waals surface area contributed by atoms with Crippen LogP contribution in [0.2, 0.25) is 10.0 Å². The maximum absolute atomic E-state index is 12.1. The van der Waals surface area contributed by atoms with Gasteiger partial charge < -0.3 is 0 Å². The van der Waals surface area contributed by atoms with Crippen LogP contribution in [0.4, 0.5) is 5.69 Å². The van der Waals surface area contributed by atoms with Crippen molar-refractivity contribution >= 4 is 54.8 Å². The van der Waals surface area contributed by atoms with Gasteiger partial charge in [-0.2, -0.15) is 0 Å². The molecule has 0 saturated carbocycles. The molecule has 0 aliphatic heterocycles. The van der Waals surface area contributed by atoms with Gasteiger partial charge in [-0.05, 0) is 45.8 Å². The second-order valence-corrected chi connectivity index (χ2v) is 7.47. The van der Waals surface area contributed by atoms with Crippen LogP contribution in [0.25, 0.3) is 0 Å². The second kappa shape index (κ2) is 6.35. The summed E-state index contributed by atoms with van der Waals surface area (Å²) in [7, 11) is -3.55. The molecule has 0 aliphatic rings. The first-order chi connectivity index (χ1) is 9.37.